The minimum absolute atomic E-state index is 0. The van der Waals surface area contributed by atoms with E-state index >= 15 is 0 Å². The molecule has 2 heterocycles. The van der Waals surface area contributed by atoms with Crippen molar-refractivity contribution in [3.05, 3.63) is 24.3 Å². The zero-order chi connectivity index (χ0) is 37.9. The second-order valence-corrected chi connectivity index (χ2v) is 15.7. The van der Waals surface area contributed by atoms with Gasteiger partial charge in [-0.2, -0.15) is 0 Å². The number of likely N-dealkylation sites (N-methyl/N-ethyl adjacent to an activating group) is 1. The summed E-state index contributed by atoms with van der Waals surface area (Å²) in [6, 6.07) is -0.694. The number of primary amides is 1. The third-order valence-electron chi connectivity index (χ3n) is 6.89. The summed E-state index contributed by atoms with van der Waals surface area (Å²) >= 11 is 13.5. The van der Waals surface area contributed by atoms with Crippen LogP contribution in [0, 0.1) is 0 Å². The Balaban J connectivity index is -0.000000391. The van der Waals surface area contributed by atoms with E-state index in [1.807, 2.05) is 0 Å². The summed E-state index contributed by atoms with van der Waals surface area (Å²) in [6.45, 7) is 1.28. The Hall–Kier alpha value is -2.72. The summed E-state index contributed by atoms with van der Waals surface area (Å²) in [6.07, 6.45) is 9.06. The normalized spacial score (nSPS) is 13.8. The van der Waals surface area contributed by atoms with E-state index in [1.54, 1.807) is 7.05 Å². The highest BCUT2D eigenvalue weighted by Gasteiger charge is 2.24. The third-order valence-corrected chi connectivity index (χ3v) is 10.6. The van der Waals surface area contributed by atoms with Crippen LogP contribution in [-0.2, 0) is 73.8 Å². The summed E-state index contributed by atoms with van der Waals surface area (Å²) in [7, 11) is 3.79. The summed E-state index contributed by atoms with van der Waals surface area (Å²) in [4.78, 5) is 93.2. The minimum atomic E-state index is -0.463. The van der Waals surface area contributed by atoms with Crippen LogP contribution in [0.4, 0.5) is 0 Å². The molecule has 16 nitrogen and oxygen atoms in total. The molecule has 2 atom stereocenters. The van der Waals surface area contributed by atoms with Crippen molar-refractivity contribution in [3.8, 4) is 0 Å². The van der Waals surface area contributed by atoms with Crippen molar-refractivity contribution >= 4 is 104 Å². The van der Waals surface area contributed by atoms with Crippen molar-refractivity contribution in [1.29, 1.82) is 0 Å². The number of nitrogens with two attached hydrogens (primary N) is 2. The maximum Gasteiger partial charge on any atom is 0.253 e. The van der Waals surface area contributed by atoms with Crippen LogP contribution in [0.1, 0.15) is 73.6 Å². The van der Waals surface area contributed by atoms with Crippen molar-refractivity contribution in [2.45, 2.75) is 85.7 Å². The molecule has 0 fully saturated rings. The second-order valence-electron chi connectivity index (χ2n) is 10.3. The van der Waals surface area contributed by atoms with Gasteiger partial charge in [0.25, 0.3) is 23.6 Å². The highest BCUT2D eigenvalue weighted by molar-refractivity contribution is 8.40. The van der Waals surface area contributed by atoms with Gasteiger partial charge >= 0.3 is 0 Å². The van der Waals surface area contributed by atoms with Gasteiger partial charge in [0, 0.05) is 84.1 Å². The number of carbonyl (C=O) groups is 8. The lowest BCUT2D eigenvalue weighted by Gasteiger charge is -2.14. The molecule has 0 aromatic carbocycles. The molecule has 0 saturated carbocycles. The SMILES string of the molecule is C.C.C.CN[C@@H](CCCCNC(=O)CCN1C(=O)C=CC1=O)C(=O)P=S.NCNC(CCCCNC(=O)CCN1C(=O)C=CC1=O)C(N)=O.S=PP=S. The predicted octanol–water partition coefficient (Wildman–Crippen LogP) is 1.68. The molecule has 0 radical (unpaired) electrons. The molecule has 2 rings (SSSR count). The highest BCUT2D eigenvalue weighted by Crippen LogP contribution is 2.10. The molecule has 2 aliphatic rings. The molecule has 53 heavy (non-hydrogen) atoms. The lowest BCUT2D eigenvalue weighted by atomic mass is 10.1. The van der Waals surface area contributed by atoms with Gasteiger partial charge in [0.05, 0.1) is 19.4 Å². The molecule has 0 spiro atoms. The first-order valence-corrected chi connectivity index (χ1v) is 21.8. The molecule has 0 aliphatic carbocycles. The maximum absolute atomic E-state index is 11.7. The van der Waals surface area contributed by atoms with Gasteiger partial charge in [-0.05, 0) is 81.0 Å². The first-order chi connectivity index (χ1) is 23.9. The van der Waals surface area contributed by atoms with Gasteiger partial charge in [-0.1, -0.05) is 22.3 Å². The number of unbranched alkanes of at least 4 members (excludes halogenated alkanes) is 2. The number of nitrogens with one attached hydrogen (secondary N) is 4. The fraction of sp³-hybridized carbons (Fsp3) is 0.613. The summed E-state index contributed by atoms with van der Waals surface area (Å²) in [5.74, 6) is -2.45. The maximum atomic E-state index is 11.7. The Morgan fingerprint density at radius 3 is 1.38 bits per heavy atom. The topological polar surface area (TPSA) is 243 Å². The van der Waals surface area contributed by atoms with Gasteiger partial charge in [-0.3, -0.25) is 53.5 Å². The van der Waals surface area contributed by atoms with Crippen LogP contribution < -0.4 is 32.7 Å². The van der Waals surface area contributed by atoms with E-state index in [4.69, 9.17) is 23.3 Å². The van der Waals surface area contributed by atoms with Crippen molar-refractivity contribution < 1.29 is 38.4 Å². The van der Waals surface area contributed by atoms with Gasteiger partial charge in [-0.25, -0.2) is 0 Å². The molecule has 2 aliphatic heterocycles. The standard InChI is InChI=1S/C14H23N5O4.C14H20N3O4PS.3CH4.P2S2/c15-9-18-10(14(16)23)3-1-2-7-17-11(20)6-8-19-12(21)4-5-13(19)22;1-15-10(14(21)22-23)4-2-3-8-16-11(18)7-9-17-12(19)5-6-13(17)20;;;;3-1-2-4/h4-5,10,18H,1-3,6-9,15H2,(H2,16,23)(H,17,20);5-6,10,15H,2-4,7-9H2,1H3,(H,16,18);3*1H4;/t;10-;;;;/m.0..../s1. The molecule has 0 bridgehead atoms. The van der Waals surface area contributed by atoms with Crippen LogP contribution in [-0.4, -0.2) is 109 Å². The third kappa shape index (κ3) is 25.9. The molecular weight excluding hydrogens is 802 g/mol. The van der Waals surface area contributed by atoms with Crippen molar-refractivity contribution in [3.63, 3.8) is 0 Å². The average molecular weight is 857 g/mol. The van der Waals surface area contributed by atoms with Gasteiger partial charge < -0.3 is 27.4 Å². The second kappa shape index (κ2) is 35.0. The largest absolute Gasteiger partial charge is 0.368 e. The number of nitrogens with zero attached hydrogens (tertiary/aromatic N) is 2. The van der Waals surface area contributed by atoms with E-state index in [-0.39, 0.29) is 90.1 Å². The van der Waals surface area contributed by atoms with E-state index in [2.05, 4.69) is 44.9 Å². The molecule has 0 aromatic rings. The van der Waals surface area contributed by atoms with Crippen LogP contribution in [0.3, 0.4) is 0 Å². The fourth-order valence-corrected chi connectivity index (χ4v) is 5.02. The number of rotatable bonds is 23. The van der Waals surface area contributed by atoms with Gasteiger partial charge in [0.2, 0.25) is 23.2 Å². The summed E-state index contributed by atoms with van der Waals surface area (Å²) < 4.78 is 0. The number of amides is 7. The van der Waals surface area contributed by atoms with Crippen molar-refractivity contribution in [2.75, 3.05) is 39.9 Å². The summed E-state index contributed by atoms with van der Waals surface area (Å²) in [5, 5.41) is 11.1. The Kier molecular flexibility index (Phi) is 37.7. The molecule has 300 valence electrons. The molecule has 1 unspecified atom stereocenters. The molecule has 8 N–H and O–H groups in total. The highest BCUT2D eigenvalue weighted by atomic mass is 32.7. The predicted molar refractivity (Wildman–Crippen MR) is 221 cm³/mol. The zero-order valence-electron chi connectivity index (χ0n) is 27.5. The smallest absolute Gasteiger partial charge is 0.253 e. The minimum Gasteiger partial charge on any atom is -0.368 e. The van der Waals surface area contributed by atoms with E-state index < -0.39 is 23.8 Å². The number of carbonyl (C=O) groups excluding carboxylic acids is 8. The van der Waals surface area contributed by atoms with Crippen LogP contribution >= 0.6 is 21.4 Å². The van der Waals surface area contributed by atoms with Crippen molar-refractivity contribution in [1.82, 2.24) is 31.1 Å². The van der Waals surface area contributed by atoms with E-state index in [1.165, 1.54) is 24.3 Å². The van der Waals surface area contributed by atoms with Crippen LogP contribution in [0.2, 0.25) is 0 Å². The quantitative estimate of drug-likeness (QED) is 0.0371. The number of imide groups is 2. The van der Waals surface area contributed by atoms with Gasteiger partial charge in [-0.15, -0.1) is 0 Å². The zero-order valence-corrected chi connectivity index (χ0v) is 32.7. The van der Waals surface area contributed by atoms with E-state index in [9.17, 15) is 38.4 Å². The van der Waals surface area contributed by atoms with Crippen molar-refractivity contribution in [2.24, 2.45) is 11.5 Å². The molecule has 0 saturated heterocycles. The Morgan fingerprint density at radius 1 is 0.698 bits per heavy atom. The van der Waals surface area contributed by atoms with Gasteiger partial charge in [0.1, 0.15) is 0 Å². The van der Waals surface area contributed by atoms with Crippen LogP contribution in [0.25, 0.3) is 0 Å². The van der Waals surface area contributed by atoms with Gasteiger partial charge in [0.15, 0.2) is 0 Å². The molecule has 7 amide bonds. The lowest BCUT2D eigenvalue weighted by molar-refractivity contribution is -0.139. The summed E-state index contributed by atoms with van der Waals surface area (Å²) in [5.41, 5.74) is 10.5. The monoisotopic (exact) mass is 856 g/mol. The van der Waals surface area contributed by atoms with Crippen LogP contribution in [0.5, 0.6) is 0 Å². The first-order valence-electron chi connectivity index (χ1n) is 15.4. The van der Waals surface area contributed by atoms with E-state index in [0.717, 1.165) is 36.7 Å². The average Bonchev–Trinajstić information content (AvgIpc) is 3.60. The Bertz CT molecular complexity index is 1270. The molecule has 0 aromatic heterocycles. The van der Waals surface area contributed by atoms with Crippen LogP contribution in [0.15, 0.2) is 24.3 Å². The van der Waals surface area contributed by atoms with E-state index in [0.29, 0.717) is 46.1 Å². The molecule has 22 heteroatoms. The fourth-order valence-electron chi connectivity index (χ4n) is 4.25. The molecular formula is C31H55N8O8P3S3. The Morgan fingerprint density at radius 2 is 1.08 bits per heavy atom. The first kappa shape index (κ1) is 57.0. The number of hydrogen-bond acceptors (Lipinski definition) is 14. The lowest BCUT2D eigenvalue weighted by Crippen LogP contribution is -2.43. The Labute approximate surface area is 333 Å². The number of hydrogen-bond donors (Lipinski definition) is 6.